The highest BCUT2D eigenvalue weighted by Gasteiger charge is 2.23. The lowest BCUT2D eigenvalue weighted by atomic mass is 10.1. The molecule has 0 atom stereocenters. The molecule has 0 spiro atoms. The van der Waals surface area contributed by atoms with Crippen LogP contribution in [-0.4, -0.2) is 63.8 Å². The molecule has 8 heteroatoms. The Hall–Kier alpha value is -3.00. The summed E-state index contributed by atoms with van der Waals surface area (Å²) in [5.41, 5.74) is 1.81. The van der Waals surface area contributed by atoms with Crippen LogP contribution in [0.2, 0.25) is 0 Å². The number of hydrogen-bond donors (Lipinski definition) is 1. The number of piperazine rings is 1. The Balaban J connectivity index is 1.53. The van der Waals surface area contributed by atoms with Gasteiger partial charge in [-0.1, -0.05) is 0 Å². The molecular formula is C20H21N5O2S. The van der Waals surface area contributed by atoms with Crippen molar-refractivity contribution in [3.8, 4) is 0 Å². The Morgan fingerprint density at radius 3 is 2.75 bits per heavy atom. The average molecular weight is 395 g/mol. The highest BCUT2D eigenvalue weighted by Crippen LogP contribution is 2.30. The third-order valence-corrected chi connectivity index (χ3v) is 5.20. The van der Waals surface area contributed by atoms with Gasteiger partial charge in [-0.2, -0.15) is 0 Å². The molecule has 144 valence electrons. The van der Waals surface area contributed by atoms with Gasteiger partial charge in [-0.25, -0.2) is 4.79 Å². The number of benzene rings is 1. The lowest BCUT2D eigenvalue weighted by molar-refractivity contribution is 0.0923. The molecular weight excluding hydrogens is 374 g/mol. The predicted molar refractivity (Wildman–Crippen MR) is 113 cm³/mol. The number of hydrogen-bond acceptors (Lipinski definition) is 5. The van der Waals surface area contributed by atoms with Gasteiger partial charge in [-0.15, -0.1) is 0 Å². The number of carbonyl (C=O) groups excluding carboxylic acids is 1. The Morgan fingerprint density at radius 1 is 1.18 bits per heavy atom. The van der Waals surface area contributed by atoms with Crippen molar-refractivity contribution < 1.29 is 9.53 Å². The molecule has 0 saturated carbocycles. The lowest BCUT2D eigenvalue weighted by Crippen LogP contribution is -2.51. The minimum atomic E-state index is -0.263. The van der Waals surface area contributed by atoms with Crippen LogP contribution < -0.4 is 5.32 Å². The summed E-state index contributed by atoms with van der Waals surface area (Å²) in [7, 11) is 0. The summed E-state index contributed by atoms with van der Waals surface area (Å²) in [6.07, 6.45) is 5.13. The summed E-state index contributed by atoms with van der Waals surface area (Å²) >= 11 is 5.64. The van der Waals surface area contributed by atoms with Crippen LogP contribution in [0.1, 0.15) is 6.92 Å². The number of aromatic nitrogens is 2. The third kappa shape index (κ3) is 3.55. The summed E-state index contributed by atoms with van der Waals surface area (Å²) in [6, 6.07) is 7.98. The molecule has 1 aromatic carbocycles. The van der Waals surface area contributed by atoms with E-state index in [-0.39, 0.29) is 6.09 Å². The molecule has 28 heavy (non-hydrogen) atoms. The lowest BCUT2D eigenvalue weighted by Gasteiger charge is -2.35. The number of nitrogens with zero attached hydrogens (tertiary/aromatic N) is 4. The fourth-order valence-corrected chi connectivity index (χ4v) is 3.70. The second kappa shape index (κ2) is 7.93. The van der Waals surface area contributed by atoms with Crippen molar-refractivity contribution in [1.29, 1.82) is 0 Å². The number of pyridine rings is 2. The fraction of sp³-hybridized carbons (Fsp3) is 0.300. The highest BCUT2D eigenvalue weighted by atomic mass is 32.1. The Bertz CT molecular complexity index is 1030. The molecule has 1 N–H and O–H groups in total. The number of fused-ring (bicyclic) bond motifs is 3. The number of rotatable bonds is 2. The number of carbonyl (C=O) groups is 1. The normalized spacial score (nSPS) is 14.3. The van der Waals surface area contributed by atoms with E-state index >= 15 is 0 Å². The maximum absolute atomic E-state index is 11.9. The molecule has 1 saturated heterocycles. The topological polar surface area (TPSA) is 70.6 Å². The fourth-order valence-electron chi connectivity index (χ4n) is 3.40. The molecule has 0 radical (unpaired) electrons. The Labute approximate surface area is 168 Å². The van der Waals surface area contributed by atoms with Crippen LogP contribution >= 0.6 is 12.2 Å². The summed E-state index contributed by atoms with van der Waals surface area (Å²) in [5.74, 6) is 0. The average Bonchev–Trinajstić information content (AvgIpc) is 2.74. The van der Waals surface area contributed by atoms with Gasteiger partial charge in [0.25, 0.3) is 0 Å². The van der Waals surface area contributed by atoms with Crippen molar-refractivity contribution in [2.75, 3.05) is 38.1 Å². The first-order chi connectivity index (χ1) is 13.7. The van der Waals surface area contributed by atoms with Gasteiger partial charge in [0.1, 0.15) is 0 Å². The van der Waals surface area contributed by atoms with E-state index in [4.69, 9.17) is 17.0 Å². The summed E-state index contributed by atoms with van der Waals surface area (Å²) in [6.45, 7) is 4.71. The van der Waals surface area contributed by atoms with Crippen LogP contribution in [0.5, 0.6) is 0 Å². The first-order valence-electron chi connectivity index (χ1n) is 9.26. The second-order valence-electron chi connectivity index (χ2n) is 6.52. The van der Waals surface area contributed by atoms with Crippen molar-refractivity contribution in [3.05, 3.63) is 42.9 Å². The Morgan fingerprint density at radius 2 is 1.96 bits per heavy atom. The van der Waals surface area contributed by atoms with Crippen LogP contribution in [0.15, 0.2) is 42.9 Å². The standard InChI is InChI=1S/C20H21N5O2S/c1-2-27-20(26)25-10-8-24(9-11-25)19(28)23-17-12-14-5-7-21-13-16(14)18-15(17)4-3-6-22-18/h3-7,12-13H,2,8-11H2,1H3,(H,23,28). The van der Waals surface area contributed by atoms with Crippen LogP contribution in [0.25, 0.3) is 21.7 Å². The molecule has 3 aromatic rings. The van der Waals surface area contributed by atoms with Gasteiger partial charge >= 0.3 is 6.09 Å². The summed E-state index contributed by atoms with van der Waals surface area (Å²) in [5, 5.41) is 7.08. The van der Waals surface area contributed by atoms with E-state index in [2.05, 4.69) is 26.3 Å². The first-order valence-corrected chi connectivity index (χ1v) is 9.67. The zero-order valence-corrected chi connectivity index (χ0v) is 16.4. The zero-order chi connectivity index (χ0) is 19.5. The number of ether oxygens (including phenoxy) is 1. The smallest absolute Gasteiger partial charge is 0.409 e. The van der Waals surface area contributed by atoms with Crippen molar-refractivity contribution in [1.82, 2.24) is 19.8 Å². The number of anilines is 1. The van der Waals surface area contributed by atoms with Gasteiger partial charge in [0.05, 0.1) is 17.8 Å². The minimum absolute atomic E-state index is 0.263. The molecule has 1 fully saturated rings. The molecule has 1 amide bonds. The summed E-state index contributed by atoms with van der Waals surface area (Å²) in [4.78, 5) is 24.4. The number of nitrogens with one attached hydrogen (secondary N) is 1. The molecule has 1 aliphatic rings. The van der Waals surface area contributed by atoms with Crippen molar-refractivity contribution >= 4 is 50.8 Å². The largest absolute Gasteiger partial charge is 0.450 e. The minimum Gasteiger partial charge on any atom is -0.450 e. The van der Waals surface area contributed by atoms with Crippen LogP contribution in [-0.2, 0) is 4.74 Å². The van der Waals surface area contributed by atoms with Crippen molar-refractivity contribution in [2.24, 2.45) is 0 Å². The Kier molecular flexibility index (Phi) is 5.21. The maximum Gasteiger partial charge on any atom is 0.409 e. The maximum atomic E-state index is 11.9. The van der Waals surface area contributed by atoms with Gasteiger partial charge < -0.3 is 19.9 Å². The number of thiocarbonyl (C=S) groups is 1. The molecule has 7 nitrogen and oxygen atoms in total. The number of amides is 1. The van der Waals surface area contributed by atoms with Crippen LogP contribution in [0, 0.1) is 0 Å². The summed E-state index contributed by atoms with van der Waals surface area (Å²) < 4.78 is 5.07. The van der Waals surface area contributed by atoms with E-state index in [9.17, 15) is 4.79 Å². The SMILES string of the molecule is CCOC(=O)N1CCN(C(=S)Nc2cc3ccncc3c3ncccc23)CC1. The van der Waals surface area contributed by atoms with Gasteiger partial charge in [0, 0.05) is 55.5 Å². The van der Waals surface area contributed by atoms with Gasteiger partial charge in [0.15, 0.2) is 5.11 Å². The third-order valence-electron chi connectivity index (χ3n) is 4.84. The monoisotopic (exact) mass is 395 g/mol. The molecule has 3 heterocycles. The van der Waals surface area contributed by atoms with Crippen LogP contribution in [0.4, 0.5) is 10.5 Å². The van der Waals surface area contributed by atoms with E-state index < -0.39 is 0 Å². The van der Waals surface area contributed by atoms with Gasteiger partial charge in [0.2, 0.25) is 0 Å². The van der Waals surface area contributed by atoms with E-state index in [0.717, 1.165) is 27.4 Å². The highest BCUT2D eigenvalue weighted by molar-refractivity contribution is 7.80. The van der Waals surface area contributed by atoms with E-state index in [0.29, 0.717) is 37.9 Å². The molecule has 2 aromatic heterocycles. The van der Waals surface area contributed by atoms with Gasteiger partial charge in [-0.05, 0) is 48.8 Å². The quantitative estimate of drug-likeness (QED) is 0.527. The van der Waals surface area contributed by atoms with E-state index in [1.54, 1.807) is 17.3 Å². The molecule has 0 unspecified atom stereocenters. The van der Waals surface area contributed by atoms with Crippen molar-refractivity contribution in [3.63, 3.8) is 0 Å². The van der Waals surface area contributed by atoms with Crippen molar-refractivity contribution in [2.45, 2.75) is 6.92 Å². The second-order valence-corrected chi connectivity index (χ2v) is 6.91. The molecule has 0 bridgehead atoms. The van der Waals surface area contributed by atoms with E-state index in [1.807, 2.05) is 31.3 Å². The molecule has 4 rings (SSSR count). The zero-order valence-electron chi connectivity index (χ0n) is 15.6. The van der Waals surface area contributed by atoms with E-state index in [1.165, 1.54) is 0 Å². The molecule has 0 aliphatic carbocycles. The van der Waals surface area contributed by atoms with Crippen LogP contribution in [0.3, 0.4) is 0 Å². The van der Waals surface area contributed by atoms with Gasteiger partial charge in [-0.3, -0.25) is 9.97 Å². The molecule has 1 aliphatic heterocycles. The predicted octanol–water partition coefficient (Wildman–Crippen LogP) is 3.25. The first kappa shape index (κ1) is 18.4.